The number of anilines is 1. The minimum absolute atomic E-state index is 0.161. The molecular formula is C17H14F3N5OS2. The minimum atomic E-state index is -4.64. The summed E-state index contributed by atoms with van der Waals surface area (Å²) in [5.41, 5.74) is -0.921. The van der Waals surface area contributed by atoms with Gasteiger partial charge in [-0.15, -0.1) is 6.58 Å². The van der Waals surface area contributed by atoms with Gasteiger partial charge in [-0.1, -0.05) is 29.5 Å². The Labute approximate surface area is 166 Å². The molecule has 6 nitrogen and oxygen atoms in total. The number of benzene rings is 1. The van der Waals surface area contributed by atoms with E-state index in [4.69, 9.17) is 12.2 Å². The van der Waals surface area contributed by atoms with Gasteiger partial charge in [0.05, 0.1) is 21.7 Å². The second-order valence-corrected chi connectivity index (χ2v) is 7.07. The van der Waals surface area contributed by atoms with Gasteiger partial charge in [0.15, 0.2) is 15.7 Å². The van der Waals surface area contributed by atoms with E-state index < -0.39 is 23.2 Å². The van der Waals surface area contributed by atoms with Crippen molar-refractivity contribution in [2.75, 3.05) is 5.32 Å². The molecule has 1 aromatic carbocycles. The number of alkyl halides is 3. The van der Waals surface area contributed by atoms with Gasteiger partial charge >= 0.3 is 6.18 Å². The number of halogens is 3. The molecule has 0 aliphatic carbocycles. The van der Waals surface area contributed by atoms with Gasteiger partial charge in [0.2, 0.25) is 0 Å². The summed E-state index contributed by atoms with van der Waals surface area (Å²) in [6, 6.07) is 4.58. The number of aromatic nitrogens is 4. The highest BCUT2D eigenvalue weighted by molar-refractivity contribution is 7.71. The van der Waals surface area contributed by atoms with Crippen LogP contribution in [0.2, 0.25) is 0 Å². The second-order valence-electron chi connectivity index (χ2n) is 5.68. The molecule has 0 saturated carbocycles. The maximum Gasteiger partial charge on any atom is 0.417 e. The Morgan fingerprint density at radius 3 is 2.82 bits per heavy atom. The van der Waals surface area contributed by atoms with Crippen LogP contribution in [0.5, 0.6) is 0 Å². The van der Waals surface area contributed by atoms with E-state index in [2.05, 4.69) is 27.1 Å². The lowest BCUT2D eigenvalue weighted by Gasteiger charge is -2.11. The number of aryl methyl sites for hydroxylation is 1. The number of carbonyl (C=O) groups is 1. The molecule has 2 aromatic heterocycles. The van der Waals surface area contributed by atoms with Crippen LogP contribution in [0, 0.1) is 11.7 Å². The first-order valence-electron chi connectivity index (χ1n) is 7.94. The van der Waals surface area contributed by atoms with Crippen LogP contribution >= 0.6 is 23.6 Å². The van der Waals surface area contributed by atoms with Crippen LogP contribution in [0.3, 0.4) is 0 Å². The molecule has 146 valence electrons. The number of hydrogen-bond donors (Lipinski definition) is 2. The van der Waals surface area contributed by atoms with E-state index in [-0.39, 0.29) is 5.13 Å². The fraction of sp³-hybridized carbons (Fsp3) is 0.176. The molecule has 0 aliphatic rings. The third kappa shape index (κ3) is 3.90. The lowest BCUT2D eigenvalue weighted by atomic mass is 10.1. The predicted molar refractivity (Wildman–Crippen MR) is 103 cm³/mol. The van der Waals surface area contributed by atoms with Gasteiger partial charge in [-0.2, -0.15) is 18.3 Å². The van der Waals surface area contributed by atoms with Gasteiger partial charge in [-0.05, 0) is 31.3 Å². The summed E-state index contributed by atoms with van der Waals surface area (Å²) in [4.78, 5) is 17.3. The standard InChI is InChI=1S/C17H14F3N5OS2/c1-3-8-25-13(23-24-16(25)27)12-9(2)21-15(28-12)22-14(26)10-6-4-5-7-11(10)17(18,19)20/h3-7H,1,8H2,2H3,(H,24,27)(H,21,22,26). The average molecular weight is 425 g/mol. The van der Waals surface area contributed by atoms with Crippen molar-refractivity contribution in [2.45, 2.75) is 19.6 Å². The zero-order valence-corrected chi connectivity index (χ0v) is 16.1. The summed E-state index contributed by atoms with van der Waals surface area (Å²) < 4.78 is 41.5. The van der Waals surface area contributed by atoms with E-state index in [0.717, 1.165) is 23.5 Å². The molecule has 11 heteroatoms. The lowest BCUT2D eigenvalue weighted by molar-refractivity contribution is -0.137. The van der Waals surface area contributed by atoms with Crippen molar-refractivity contribution in [1.82, 2.24) is 19.7 Å². The van der Waals surface area contributed by atoms with Crippen molar-refractivity contribution < 1.29 is 18.0 Å². The molecule has 0 radical (unpaired) electrons. The highest BCUT2D eigenvalue weighted by Gasteiger charge is 2.35. The van der Waals surface area contributed by atoms with E-state index in [1.165, 1.54) is 12.1 Å². The van der Waals surface area contributed by atoms with Crippen LogP contribution in [0.4, 0.5) is 18.3 Å². The van der Waals surface area contributed by atoms with Gasteiger partial charge in [-0.3, -0.25) is 19.8 Å². The number of aromatic amines is 1. The van der Waals surface area contributed by atoms with Crippen LogP contribution in [-0.2, 0) is 12.7 Å². The van der Waals surface area contributed by atoms with Gasteiger partial charge in [0.1, 0.15) is 0 Å². The van der Waals surface area contributed by atoms with E-state index >= 15 is 0 Å². The third-order valence-electron chi connectivity index (χ3n) is 3.77. The third-order valence-corrected chi connectivity index (χ3v) is 5.15. The smallest absolute Gasteiger partial charge is 0.298 e. The molecule has 0 aliphatic heterocycles. The predicted octanol–water partition coefficient (Wildman–Crippen LogP) is 4.83. The number of carbonyl (C=O) groups excluding carboxylic acids is 1. The van der Waals surface area contributed by atoms with Crippen LogP contribution in [0.15, 0.2) is 36.9 Å². The molecule has 3 aromatic rings. The number of rotatable bonds is 5. The van der Waals surface area contributed by atoms with Crippen LogP contribution in [0.1, 0.15) is 21.6 Å². The van der Waals surface area contributed by atoms with Crippen LogP contribution in [0.25, 0.3) is 10.7 Å². The van der Waals surface area contributed by atoms with Gasteiger partial charge in [0.25, 0.3) is 5.91 Å². The minimum Gasteiger partial charge on any atom is -0.298 e. The van der Waals surface area contributed by atoms with Gasteiger partial charge in [-0.25, -0.2) is 4.98 Å². The van der Waals surface area contributed by atoms with Crippen molar-refractivity contribution >= 4 is 34.6 Å². The first-order valence-corrected chi connectivity index (χ1v) is 9.16. The van der Waals surface area contributed by atoms with Crippen molar-refractivity contribution in [3.8, 4) is 10.7 Å². The van der Waals surface area contributed by atoms with Crippen molar-refractivity contribution in [1.29, 1.82) is 0 Å². The first-order chi connectivity index (χ1) is 13.2. The number of nitrogens with one attached hydrogen (secondary N) is 2. The Kier molecular flexibility index (Phi) is 5.47. The summed E-state index contributed by atoms with van der Waals surface area (Å²) >= 11 is 6.27. The fourth-order valence-corrected chi connectivity index (χ4v) is 3.71. The summed E-state index contributed by atoms with van der Waals surface area (Å²) in [6.07, 6.45) is -2.98. The Bertz CT molecular complexity index is 1100. The molecular weight excluding hydrogens is 411 g/mol. The van der Waals surface area contributed by atoms with Gasteiger partial charge in [0, 0.05) is 6.54 Å². The van der Waals surface area contributed by atoms with E-state index in [9.17, 15) is 18.0 Å². The molecule has 0 saturated heterocycles. The number of H-pyrrole nitrogens is 1. The maximum atomic E-state index is 13.1. The Hall–Kier alpha value is -2.79. The zero-order chi connectivity index (χ0) is 20.5. The Morgan fingerprint density at radius 2 is 2.14 bits per heavy atom. The number of nitrogens with zero attached hydrogens (tertiary/aromatic N) is 3. The largest absolute Gasteiger partial charge is 0.417 e. The molecule has 0 bridgehead atoms. The highest BCUT2D eigenvalue weighted by atomic mass is 32.1. The van der Waals surface area contributed by atoms with Crippen molar-refractivity contribution in [3.05, 3.63) is 58.5 Å². The summed E-state index contributed by atoms with van der Waals surface area (Å²) in [6.45, 7) is 5.80. The SMILES string of the molecule is C=CCn1c(-c2sc(NC(=O)c3ccccc3C(F)(F)F)nc2C)n[nH]c1=S. The zero-order valence-electron chi connectivity index (χ0n) is 14.5. The second kappa shape index (κ2) is 7.68. The number of amides is 1. The molecule has 0 fully saturated rings. The van der Waals surface area contributed by atoms with Crippen molar-refractivity contribution in [3.63, 3.8) is 0 Å². The van der Waals surface area contributed by atoms with Gasteiger partial charge < -0.3 is 0 Å². The monoisotopic (exact) mass is 425 g/mol. The molecule has 0 spiro atoms. The first kappa shape index (κ1) is 20.0. The fourth-order valence-electron chi connectivity index (χ4n) is 2.54. The normalized spacial score (nSPS) is 11.4. The molecule has 28 heavy (non-hydrogen) atoms. The molecule has 3 rings (SSSR count). The molecule has 2 N–H and O–H groups in total. The number of hydrogen-bond acceptors (Lipinski definition) is 5. The Balaban J connectivity index is 1.93. The highest BCUT2D eigenvalue weighted by Crippen LogP contribution is 2.34. The number of thiazole rings is 1. The maximum absolute atomic E-state index is 13.1. The summed E-state index contributed by atoms with van der Waals surface area (Å²) in [7, 11) is 0. The quantitative estimate of drug-likeness (QED) is 0.454. The van der Waals surface area contributed by atoms with E-state index in [1.54, 1.807) is 17.6 Å². The number of allylic oxidation sites excluding steroid dienone is 1. The van der Waals surface area contributed by atoms with Crippen molar-refractivity contribution in [2.24, 2.45) is 0 Å². The molecule has 0 atom stereocenters. The van der Waals surface area contributed by atoms with E-state index in [0.29, 0.717) is 27.7 Å². The average Bonchev–Trinajstić information content (AvgIpc) is 3.17. The molecule has 1 amide bonds. The lowest BCUT2D eigenvalue weighted by Crippen LogP contribution is -2.18. The molecule has 0 unspecified atom stereocenters. The van der Waals surface area contributed by atoms with Crippen LogP contribution in [-0.4, -0.2) is 25.7 Å². The summed E-state index contributed by atoms with van der Waals surface area (Å²) in [5.74, 6) is -0.380. The summed E-state index contributed by atoms with van der Waals surface area (Å²) in [5, 5.41) is 9.45. The molecule has 2 heterocycles. The Morgan fingerprint density at radius 1 is 1.43 bits per heavy atom. The van der Waals surface area contributed by atoms with Crippen LogP contribution < -0.4 is 5.32 Å². The topological polar surface area (TPSA) is 75.6 Å². The van der Waals surface area contributed by atoms with E-state index in [1.807, 2.05) is 0 Å².